The lowest BCUT2D eigenvalue weighted by Crippen LogP contribution is -2.47. The van der Waals surface area contributed by atoms with E-state index >= 15 is 0 Å². The fourth-order valence-corrected chi connectivity index (χ4v) is 2.02. The number of amides is 1. The Kier molecular flexibility index (Phi) is 6.96. The summed E-state index contributed by atoms with van der Waals surface area (Å²) in [5, 5.41) is 2.56. The molecule has 140 valence electrons. The SMILES string of the molecule is CC(C)(C)OC(=O)NC(Cc1ccc(CF)cc1)C(=O)OC(C)(C)C. The van der Waals surface area contributed by atoms with Crippen LogP contribution in [0.25, 0.3) is 0 Å². The smallest absolute Gasteiger partial charge is 0.408 e. The minimum Gasteiger partial charge on any atom is -0.458 e. The number of ether oxygens (including phenoxy) is 2. The summed E-state index contributed by atoms with van der Waals surface area (Å²) in [6, 6.07) is 5.85. The van der Waals surface area contributed by atoms with Crippen LogP contribution in [0.15, 0.2) is 24.3 Å². The van der Waals surface area contributed by atoms with Crippen LogP contribution < -0.4 is 5.32 Å². The minimum absolute atomic E-state index is 0.223. The largest absolute Gasteiger partial charge is 0.458 e. The number of halogens is 1. The van der Waals surface area contributed by atoms with Gasteiger partial charge in [0.1, 0.15) is 23.9 Å². The zero-order chi connectivity index (χ0) is 19.3. The summed E-state index contributed by atoms with van der Waals surface area (Å²) in [6.07, 6.45) is -0.468. The van der Waals surface area contributed by atoms with Gasteiger partial charge >= 0.3 is 12.1 Å². The van der Waals surface area contributed by atoms with Crippen molar-refractivity contribution in [3.8, 4) is 0 Å². The fraction of sp³-hybridized carbons (Fsp3) is 0.579. The van der Waals surface area contributed by atoms with E-state index in [4.69, 9.17) is 9.47 Å². The van der Waals surface area contributed by atoms with Crippen LogP contribution in [0.4, 0.5) is 9.18 Å². The predicted octanol–water partition coefficient (Wildman–Crippen LogP) is 3.93. The Balaban J connectivity index is 2.89. The molecule has 6 heteroatoms. The van der Waals surface area contributed by atoms with Crippen LogP contribution in [0.5, 0.6) is 0 Å². The summed E-state index contributed by atoms with van der Waals surface area (Å²) < 4.78 is 23.2. The molecule has 0 aliphatic heterocycles. The van der Waals surface area contributed by atoms with Gasteiger partial charge < -0.3 is 14.8 Å². The Bertz CT molecular complexity index is 585. The van der Waals surface area contributed by atoms with Crippen molar-refractivity contribution in [2.45, 2.75) is 71.9 Å². The van der Waals surface area contributed by atoms with Crippen molar-refractivity contribution in [2.24, 2.45) is 0 Å². The Hall–Kier alpha value is -2.11. The van der Waals surface area contributed by atoms with E-state index in [2.05, 4.69) is 5.32 Å². The average Bonchev–Trinajstić information content (AvgIpc) is 2.43. The number of hydrogen-bond donors (Lipinski definition) is 1. The van der Waals surface area contributed by atoms with Gasteiger partial charge in [0.05, 0.1) is 0 Å². The van der Waals surface area contributed by atoms with Crippen LogP contribution in [-0.4, -0.2) is 29.3 Å². The molecule has 0 radical (unpaired) electrons. The molecule has 0 bridgehead atoms. The molecule has 1 unspecified atom stereocenters. The molecule has 1 aromatic rings. The molecule has 1 atom stereocenters. The van der Waals surface area contributed by atoms with E-state index < -0.39 is 36.0 Å². The number of alkyl carbamates (subject to hydrolysis) is 1. The number of carbonyl (C=O) groups excluding carboxylic acids is 2. The maximum Gasteiger partial charge on any atom is 0.408 e. The second-order valence-corrected chi connectivity index (χ2v) is 7.89. The van der Waals surface area contributed by atoms with Crippen LogP contribution in [0.3, 0.4) is 0 Å². The second kappa shape index (κ2) is 8.32. The van der Waals surface area contributed by atoms with Crippen LogP contribution in [0.2, 0.25) is 0 Å². The van der Waals surface area contributed by atoms with Crippen molar-refractivity contribution in [3.05, 3.63) is 35.4 Å². The molecule has 5 nitrogen and oxygen atoms in total. The molecule has 0 aliphatic rings. The number of nitrogens with one attached hydrogen (secondary N) is 1. The van der Waals surface area contributed by atoms with Gasteiger partial charge in [0.25, 0.3) is 0 Å². The molecule has 25 heavy (non-hydrogen) atoms. The van der Waals surface area contributed by atoms with Gasteiger partial charge in [0, 0.05) is 6.42 Å². The van der Waals surface area contributed by atoms with Crippen molar-refractivity contribution < 1.29 is 23.5 Å². The summed E-state index contributed by atoms with van der Waals surface area (Å²) in [5.41, 5.74) is -0.0178. The maximum absolute atomic E-state index is 12.6. The molecule has 0 spiro atoms. The number of alkyl halides is 1. The van der Waals surface area contributed by atoms with Crippen molar-refractivity contribution >= 4 is 12.1 Å². The normalized spacial score (nSPS) is 13.1. The van der Waals surface area contributed by atoms with Gasteiger partial charge in [-0.25, -0.2) is 14.0 Å². The highest BCUT2D eigenvalue weighted by atomic mass is 19.1. The van der Waals surface area contributed by atoms with Gasteiger partial charge in [0.15, 0.2) is 0 Å². The Morgan fingerprint density at radius 1 is 0.960 bits per heavy atom. The van der Waals surface area contributed by atoms with Gasteiger partial charge in [-0.15, -0.1) is 0 Å². The number of esters is 1. The highest BCUT2D eigenvalue weighted by Gasteiger charge is 2.28. The third-order valence-corrected chi connectivity index (χ3v) is 3.00. The predicted molar refractivity (Wildman–Crippen MR) is 94.0 cm³/mol. The van der Waals surface area contributed by atoms with Crippen LogP contribution in [-0.2, 0) is 27.4 Å². The Labute approximate surface area is 148 Å². The lowest BCUT2D eigenvalue weighted by Gasteiger charge is -2.26. The number of rotatable bonds is 5. The molecule has 1 N–H and O–H groups in total. The highest BCUT2D eigenvalue weighted by Crippen LogP contribution is 2.14. The van der Waals surface area contributed by atoms with E-state index in [0.29, 0.717) is 5.56 Å². The molecule has 0 aliphatic carbocycles. The van der Waals surface area contributed by atoms with Crippen LogP contribution >= 0.6 is 0 Å². The molecular weight excluding hydrogens is 325 g/mol. The van der Waals surface area contributed by atoms with E-state index in [9.17, 15) is 14.0 Å². The average molecular weight is 353 g/mol. The highest BCUT2D eigenvalue weighted by molar-refractivity contribution is 5.82. The monoisotopic (exact) mass is 353 g/mol. The van der Waals surface area contributed by atoms with E-state index in [-0.39, 0.29) is 6.42 Å². The fourth-order valence-electron chi connectivity index (χ4n) is 2.02. The number of hydrogen-bond acceptors (Lipinski definition) is 4. The van der Waals surface area contributed by atoms with Gasteiger partial charge in [-0.05, 0) is 52.7 Å². The summed E-state index contributed by atoms with van der Waals surface area (Å²) in [6.45, 7) is 9.94. The zero-order valence-corrected chi connectivity index (χ0v) is 15.8. The lowest BCUT2D eigenvalue weighted by atomic mass is 10.0. The van der Waals surface area contributed by atoms with E-state index in [0.717, 1.165) is 5.56 Å². The van der Waals surface area contributed by atoms with E-state index in [1.807, 2.05) is 0 Å². The third kappa shape index (κ3) is 8.52. The third-order valence-electron chi connectivity index (χ3n) is 3.00. The Morgan fingerprint density at radius 2 is 1.44 bits per heavy atom. The minimum atomic E-state index is -0.898. The first-order chi connectivity index (χ1) is 11.4. The van der Waals surface area contributed by atoms with Crippen molar-refractivity contribution in [3.63, 3.8) is 0 Å². The van der Waals surface area contributed by atoms with Gasteiger partial charge in [0.2, 0.25) is 0 Å². The summed E-state index contributed by atoms with van der Waals surface area (Å²) in [5.74, 6) is -0.548. The maximum atomic E-state index is 12.6. The molecule has 0 saturated carbocycles. The number of benzene rings is 1. The first-order valence-corrected chi connectivity index (χ1v) is 8.26. The summed E-state index contributed by atoms with van der Waals surface area (Å²) in [7, 11) is 0. The Morgan fingerprint density at radius 3 is 1.88 bits per heavy atom. The summed E-state index contributed by atoms with van der Waals surface area (Å²) in [4.78, 5) is 24.5. The molecule has 1 amide bonds. The number of carbonyl (C=O) groups is 2. The first-order valence-electron chi connectivity index (χ1n) is 8.26. The molecule has 0 saturated heterocycles. The quantitative estimate of drug-likeness (QED) is 0.815. The molecule has 1 rings (SSSR count). The second-order valence-electron chi connectivity index (χ2n) is 7.89. The lowest BCUT2D eigenvalue weighted by molar-refractivity contribution is -0.157. The van der Waals surface area contributed by atoms with Crippen LogP contribution in [0, 0.1) is 0 Å². The molecule has 1 aromatic carbocycles. The summed E-state index contributed by atoms with van der Waals surface area (Å²) >= 11 is 0. The van der Waals surface area contributed by atoms with Crippen molar-refractivity contribution in [1.82, 2.24) is 5.32 Å². The molecule has 0 aromatic heterocycles. The first kappa shape index (κ1) is 20.9. The van der Waals surface area contributed by atoms with Gasteiger partial charge in [-0.3, -0.25) is 0 Å². The zero-order valence-electron chi connectivity index (χ0n) is 15.8. The van der Waals surface area contributed by atoms with Crippen molar-refractivity contribution in [2.75, 3.05) is 0 Å². The topological polar surface area (TPSA) is 64.6 Å². The van der Waals surface area contributed by atoms with Crippen LogP contribution in [0.1, 0.15) is 52.7 Å². The standard InChI is InChI=1S/C19H28FNO4/c1-18(2,3)24-16(22)15(21-17(23)25-19(4,5)6)11-13-7-9-14(12-20)10-8-13/h7-10,15H,11-12H2,1-6H3,(H,21,23). The van der Waals surface area contributed by atoms with E-state index in [1.54, 1.807) is 65.8 Å². The molecule has 0 fully saturated rings. The van der Waals surface area contributed by atoms with E-state index in [1.165, 1.54) is 0 Å². The van der Waals surface area contributed by atoms with Gasteiger partial charge in [-0.2, -0.15) is 0 Å². The van der Waals surface area contributed by atoms with Gasteiger partial charge in [-0.1, -0.05) is 24.3 Å². The molecule has 0 heterocycles. The molecular formula is C19H28FNO4. The van der Waals surface area contributed by atoms with Crippen molar-refractivity contribution in [1.29, 1.82) is 0 Å².